The molecule has 6 heteroatoms. The Kier molecular flexibility index (Phi) is 6.39. The van der Waals surface area contributed by atoms with Crippen molar-refractivity contribution in [3.05, 3.63) is 29.0 Å². The van der Waals surface area contributed by atoms with Crippen molar-refractivity contribution in [2.45, 2.75) is 45.8 Å². The van der Waals surface area contributed by atoms with Crippen LogP contribution in [0.5, 0.6) is 0 Å². The van der Waals surface area contributed by atoms with E-state index in [0.717, 1.165) is 25.9 Å². The van der Waals surface area contributed by atoms with Gasteiger partial charge >= 0.3 is 5.97 Å². The van der Waals surface area contributed by atoms with Crippen LogP contribution in [0.25, 0.3) is 0 Å². The second-order valence-corrected chi connectivity index (χ2v) is 7.35. The molecule has 0 bridgehead atoms. The average Bonchev–Trinajstić information content (AvgIpc) is 2.51. The summed E-state index contributed by atoms with van der Waals surface area (Å²) in [6.45, 7) is 8.10. The van der Waals surface area contributed by atoms with E-state index in [9.17, 15) is 4.79 Å². The van der Waals surface area contributed by atoms with Gasteiger partial charge in [0.05, 0.1) is 11.1 Å². The highest BCUT2D eigenvalue weighted by molar-refractivity contribution is 6.29. The van der Waals surface area contributed by atoms with E-state index in [1.165, 1.54) is 0 Å². The molecule has 0 saturated carbocycles. The van der Waals surface area contributed by atoms with Gasteiger partial charge in [-0.2, -0.15) is 0 Å². The van der Waals surface area contributed by atoms with E-state index in [1.54, 1.807) is 6.07 Å². The number of piperidine rings is 1. The Morgan fingerprint density at radius 2 is 2.13 bits per heavy atom. The minimum Gasteiger partial charge on any atom is -0.454 e. The molecule has 1 aliphatic rings. The van der Waals surface area contributed by atoms with E-state index < -0.39 is 11.5 Å². The number of pyridine rings is 1. The van der Waals surface area contributed by atoms with Gasteiger partial charge in [-0.15, -0.1) is 0 Å². The van der Waals surface area contributed by atoms with Crippen molar-refractivity contribution in [2.75, 3.05) is 19.6 Å². The Hall–Kier alpha value is -1.17. The fraction of sp³-hybridized carbons (Fsp3) is 0.647. The van der Waals surface area contributed by atoms with Gasteiger partial charge in [0, 0.05) is 12.6 Å². The molecule has 1 atom stereocenters. The highest BCUT2D eigenvalue weighted by Gasteiger charge is 2.28. The van der Waals surface area contributed by atoms with Crippen molar-refractivity contribution < 1.29 is 9.53 Å². The summed E-state index contributed by atoms with van der Waals surface area (Å²) in [7, 11) is 0. The smallest absolute Gasteiger partial charge is 0.311 e. The van der Waals surface area contributed by atoms with Crippen LogP contribution in [-0.2, 0) is 9.53 Å². The van der Waals surface area contributed by atoms with E-state index in [4.69, 9.17) is 16.3 Å². The summed E-state index contributed by atoms with van der Waals surface area (Å²) in [5, 5.41) is 7.24. The molecular weight excluding hydrogens is 314 g/mol. The molecule has 0 unspecified atom stereocenters. The van der Waals surface area contributed by atoms with Crippen LogP contribution in [0.1, 0.15) is 45.4 Å². The number of hydrogen-bond donors (Lipinski definition) is 2. The fourth-order valence-corrected chi connectivity index (χ4v) is 2.59. The molecule has 23 heavy (non-hydrogen) atoms. The molecule has 2 N–H and O–H groups in total. The first-order valence-electron chi connectivity index (χ1n) is 8.14. The number of ether oxygens (including phenoxy) is 1. The quantitative estimate of drug-likeness (QED) is 0.638. The van der Waals surface area contributed by atoms with E-state index in [1.807, 2.05) is 32.9 Å². The van der Waals surface area contributed by atoms with Crippen LogP contribution in [0, 0.1) is 5.41 Å². The van der Waals surface area contributed by atoms with Crippen LogP contribution in [0.2, 0.25) is 5.15 Å². The second kappa shape index (κ2) is 8.08. The molecule has 1 fully saturated rings. The van der Waals surface area contributed by atoms with E-state index in [0.29, 0.717) is 23.4 Å². The number of halogens is 1. The molecule has 1 aliphatic heterocycles. The lowest BCUT2D eigenvalue weighted by molar-refractivity contribution is -0.159. The topological polar surface area (TPSA) is 63.2 Å². The van der Waals surface area contributed by atoms with Gasteiger partial charge in [0.1, 0.15) is 5.15 Å². The van der Waals surface area contributed by atoms with Gasteiger partial charge in [-0.25, -0.2) is 4.98 Å². The molecule has 0 aliphatic carbocycles. The molecule has 0 aromatic carbocycles. The number of aromatic nitrogens is 1. The molecule has 128 valence electrons. The van der Waals surface area contributed by atoms with E-state index in [2.05, 4.69) is 15.6 Å². The maximum atomic E-state index is 12.3. The normalized spacial score (nSPS) is 17.7. The van der Waals surface area contributed by atoms with Crippen molar-refractivity contribution >= 4 is 17.6 Å². The minimum absolute atomic E-state index is 0.239. The first-order valence-corrected chi connectivity index (χ1v) is 8.51. The molecule has 0 radical (unpaired) electrons. The largest absolute Gasteiger partial charge is 0.454 e. The predicted octanol–water partition coefficient (Wildman–Crippen LogP) is 2.71. The third kappa shape index (κ3) is 5.75. The zero-order chi connectivity index (χ0) is 16.9. The number of esters is 1. The summed E-state index contributed by atoms with van der Waals surface area (Å²) in [5.41, 5.74) is 0.127. The number of nitrogens with one attached hydrogen (secondary N) is 2. The van der Waals surface area contributed by atoms with Crippen molar-refractivity contribution in [3.63, 3.8) is 0 Å². The molecule has 5 nitrogen and oxygen atoms in total. The van der Waals surface area contributed by atoms with E-state index in [-0.39, 0.29) is 5.97 Å². The van der Waals surface area contributed by atoms with Crippen LogP contribution < -0.4 is 10.6 Å². The SMILES string of the molecule is CC(C)(C)C(=O)O[C@H](CNC1CCNCC1)c1cccc(Cl)n1. The van der Waals surface area contributed by atoms with Crippen LogP contribution >= 0.6 is 11.6 Å². The highest BCUT2D eigenvalue weighted by Crippen LogP contribution is 2.23. The summed E-state index contributed by atoms with van der Waals surface area (Å²) in [6.07, 6.45) is 1.71. The second-order valence-electron chi connectivity index (χ2n) is 6.96. The summed E-state index contributed by atoms with van der Waals surface area (Å²) < 4.78 is 5.71. The molecule has 1 aromatic rings. The number of nitrogens with zero attached hydrogens (tertiary/aromatic N) is 1. The Morgan fingerprint density at radius 1 is 1.43 bits per heavy atom. The van der Waals surface area contributed by atoms with Gasteiger partial charge in [-0.1, -0.05) is 17.7 Å². The van der Waals surface area contributed by atoms with Crippen molar-refractivity contribution in [1.82, 2.24) is 15.6 Å². The van der Waals surface area contributed by atoms with Crippen LogP contribution in [0.3, 0.4) is 0 Å². The highest BCUT2D eigenvalue weighted by atomic mass is 35.5. The summed E-state index contributed by atoms with van der Waals surface area (Å²) >= 11 is 5.98. The predicted molar refractivity (Wildman–Crippen MR) is 91.4 cm³/mol. The Morgan fingerprint density at radius 3 is 2.74 bits per heavy atom. The number of carbonyl (C=O) groups is 1. The molecule has 0 spiro atoms. The fourth-order valence-electron chi connectivity index (χ4n) is 2.42. The van der Waals surface area contributed by atoms with Crippen LogP contribution in [0.4, 0.5) is 0 Å². The van der Waals surface area contributed by atoms with Gasteiger partial charge in [0.15, 0.2) is 6.10 Å². The molecule has 2 rings (SSSR count). The van der Waals surface area contributed by atoms with Crippen molar-refractivity contribution in [2.24, 2.45) is 5.41 Å². The first kappa shape index (κ1) is 18.2. The first-order chi connectivity index (χ1) is 10.9. The zero-order valence-corrected chi connectivity index (χ0v) is 14.8. The van der Waals surface area contributed by atoms with Crippen LogP contribution in [-0.4, -0.2) is 36.6 Å². The van der Waals surface area contributed by atoms with Gasteiger partial charge < -0.3 is 15.4 Å². The molecular formula is C17H26ClN3O2. The Bertz CT molecular complexity index is 525. The summed E-state index contributed by atoms with van der Waals surface area (Å²) in [4.78, 5) is 16.6. The lowest BCUT2D eigenvalue weighted by Gasteiger charge is -2.28. The number of hydrogen-bond acceptors (Lipinski definition) is 5. The minimum atomic E-state index is -0.550. The third-order valence-electron chi connectivity index (χ3n) is 3.86. The van der Waals surface area contributed by atoms with Crippen LogP contribution in [0.15, 0.2) is 18.2 Å². The van der Waals surface area contributed by atoms with E-state index >= 15 is 0 Å². The zero-order valence-electron chi connectivity index (χ0n) is 14.1. The number of carbonyl (C=O) groups excluding carboxylic acids is 1. The lowest BCUT2D eigenvalue weighted by Crippen LogP contribution is -2.42. The molecule has 1 aromatic heterocycles. The van der Waals surface area contributed by atoms with Gasteiger partial charge in [0.2, 0.25) is 0 Å². The van der Waals surface area contributed by atoms with Gasteiger partial charge in [-0.05, 0) is 58.8 Å². The van der Waals surface area contributed by atoms with Gasteiger partial charge in [-0.3, -0.25) is 4.79 Å². The Balaban J connectivity index is 2.05. The average molecular weight is 340 g/mol. The molecule has 1 saturated heterocycles. The standard InChI is InChI=1S/C17H26ClN3O2/c1-17(2,3)16(22)23-14(13-5-4-6-15(18)21-13)11-20-12-7-9-19-10-8-12/h4-6,12,14,19-20H,7-11H2,1-3H3/t14-/m1/s1. The summed E-state index contributed by atoms with van der Waals surface area (Å²) in [6, 6.07) is 5.82. The van der Waals surface area contributed by atoms with Crippen molar-refractivity contribution in [3.8, 4) is 0 Å². The maximum Gasteiger partial charge on any atom is 0.311 e. The summed E-state index contributed by atoms with van der Waals surface area (Å²) in [5.74, 6) is -0.239. The number of rotatable bonds is 5. The van der Waals surface area contributed by atoms with Crippen molar-refractivity contribution in [1.29, 1.82) is 0 Å². The lowest BCUT2D eigenvalue weighted by atomic mass is 9.97. The molecule has 2 heterocycles. The monoisotopic (exact) mass is 339 g/mol. The Labute approximate surface area is 143 Å². The third-order valence-corrected chi connectivity index (χ3v) is 4.07. The molecule has 0 amide bonds. The maximum absolute atomic E-state index is 12.3. The van der Waals surface area contributed by atoms with Gasteiger partial charge in [0.25, 0.3) is 0 Å².